The van der Waals surface area contributed by atoms with Crippen LogP contribution in [-0.4, -0.2) is 35.0 Å². The molecule has 1 saturated carbocycles. The monoisotopic (exact) mass is 283 g/mol. The molecule has 0 atom stereocenters. The van der Waals surface area contributed by atoms with E-state index in [1.165, 1.54) is 32.1 Å². The van der Waals surface area contributed by atoms with Crippen LogP contribution in [0.3, 0.4) is 0 Å². The Labute approximate surface area is 120 Å². The Morgan fingerprint density at radius 3 is 2.84 bits per heavy atom. The number of nitrogens with zero attached hydrogens (tertiary/aromatic N) is 1. The summed E-state index contributed by atoms with van der Waals surface area (Å²) >= 11 is 1.82. The molecule has 1 heterocycles. The zero-order valence-corrected chi connectivity index (χ0v) is 12.8. The average Bonchev–Trinajstić information content (AvgIpc) is 2.72. The standard InChI is InChI=1S/C14H25N3OS/c1-11(2)16-12(18)6-9-15-13-17-14(10-19-13)7-4-3-5-8-14/h11H,3-10H2,1-2H3,(H,15,17)(H,16,18). The van der Waals surface area contributed by atoms with Crippen molar-refractivity contribution >= 4 is 22.8 Å². The van der Waals surface area contributed by atoms with Gasteiger partial charge in [0.05, 0.1) is 6.54 Å². The zero-order valence-electron chi connectivity index (χ0n) is 12.0. The minimum atomic E-state index is 0.0923. The van der Waals surface area contributed by atoms with Gasteiger partial charge in [-0.3, -0.25) is 9.79 Å². The van der Waals surface area contributed by atoms with Crippen LogP contribution in [0.15, 0.2) is 4.99 Å². The maximum absolute atomic E-state index is 11.5. The Balaban J connectivity index is 1.74. The van der Waals surface area contributed by atoms with Crippen LogP contribution >= 0.6 is 11.8 Å². The molecule has 0 unspecified atom stereocenters. The fourth-order valence-corrected chi connectivity index (χ4v) is 3.99. The van der Waals surface area contributed by atoms with Gasteiger partial charge < -0.3 is 10.6 Å². The summed E-state index contributed by atoms with van der Waals surface area (Å²) in [5, 5.41) is 7.53. The molecule has 1 saturated heterocycles. The van der Waals surface area contributed by atoms with Crippen molar-refractivity contribution in [3.8, 4) is 0 Å². The molecule has 0 aromatic heterocycles. The molecule has 2 rings (SSSR count). The van der Waals surface area contributed by atoms with Crippen LogP contribution in [0.2, 0.25) is 0 Å². The number of hydrogen-bond donors (Lipinski definition) is 2. The van der Waals surface area contributed by atoms with Gasteiger partial charge in [0.15, 0.2) is 5.17 Å². The maximum atomic E-state index is 11.5. The fraction of sp³-hybridized carbons (Fsp3) is 0.857. The van der Waals surface area contributed by atoms with Crippen molar-refractivity contribution < 1.29 is 4.79 Å². The SMILES string of the molecule is CC(C)NC(=O)CCN=C1NC2(CCCCC2)CS1. The molecule has 1 amide bonds. The highest BCUT2D eigenvalue weighted by atomic mass is 32.2. The number of thioether (sulfide) groups is 1. The Kier molecular flexibility index (Phi) is 5.13. The molecule has 5 heteroatoms. The third-order valence-corrected chi connectivity index (χ3v) is 4.91. The number of amidine groups is 1. The van der Waals surface area contributed by atoms with Crippen LogP contribution in [0.5, 0.6) is 0 Å². The van der Waals surface area contributed by atoms with Crippen molar-refractivity contribution in [1.82, 2.24) is 10.6 Å². The van der Waals surface area contributed by atoms with Crippen LogP contribution in [0.1, 0.15) is 52.4 Å². The Morgan fingerprint density at radius 2 is 2.16 bits per heavy atom. The number of aliphatic imine (C=N–C) groups is 1. The highest BCUT2D eigenvalue weighted by Crippen LogP contribution is 2.36. The summed E-state index contributed by atoms with van der Waals surface area (Å²) in [6.07, 6.45) is 7.06. The van der Waals surface area contributed by atoms with E-state index in [0.29, 0.717) is 18.5 Å². The number of nitrogens with one attached hydrogen (secondary N) is 2. The van der Waals surface area contributed by atoms with Gasteiger partial charge in [-0.15, -0.1) is 0 Å². The number of carbonyl (C=O) groups excluding carboxylic acids is 1. The average molecular weight is 283 g/mol. The second kappa shape index (κ2) is 6.64. The molecular formula is C14H25N3OS. The van der Waals surface area contributed by atoms with Crippen molar-refractivity contribution in [3.63, 3.8) is 0 Å². The lowest BCUT2D eigenvalue weighted by Gasteiger charge is -2.32. The predicted octanol–water partition coefficient (Wildman–Crippen LogP) is 2.30. The molecule has 2 aliphatic rings. The van der Waals surface area contributed by atoms with Crippen molar-refractivity contribution in [1.29, 1.82) is 0 Å². The van der Waals surface area contributed by atoms with Crippen molar-refractivity contribution in [2.24, 2.45) is 4.99 Å². The summed E-state index contributed by atoms with van der Waals surface area (Å²) in [4.78, 5) is 16.0. The van der Waals surface area contributed by atoms with Gasteiger partial charge >= 0.3 is 0 Å². The summed E-state index contributed by atoms with van der Waals surface area (Å²) in [5.41, 5.74) is 0.307. The van der Waals surface area contributed by atoms with Gasteiger partial charge in [-0.05, 0) is 26.7 Å². The summed E-state index contributed by atoms with van der Waals surface area (Å²) in [5.74, 6) is 1.24. The second-order valence-corrected chi connectivity index (χ2v) is 6.88. The molecule has 1 aliphatic carbocycles. The van der Waals surface area contributed by atoms with Gasteiger partial charge in [0.1, 0.15) is 0 Å². The van der Waals surface area contributed by atoms with E-state index in [9.17, 15) is 4.79 Å². The smallest absolute Gasteiger partial charge is 0.222 e. The van der Waals surface area contributed by atoms with Crippen LogP contribution in [-0.2, 0) is 4.79 Å². The summed E-state index contributed by atoms with van der Waals surface area (Å²) in [7, 11) is 0. The lowest BCUT2D eigenvalue weighted by molar-refractivity contribution is -0.121. The normalized spacial score (nSPS) is 23.8. The Morgan fingerprint density at radius 1 is 1.42 bits per heavy atom. The molecule has 2 fully saturated rings. The first kappa shape index (κ1) is 14.7. The molecule has 1 spiro atoms. The van der Waals surface area contributed by atoms with Gasteiger partial charge in [0.2, 0.25) is 5.91 Å². The second-order valence-electron chi connectivity index (χ2n) is 5.91. The quantitative estimate of drug-likeness (QED) is 0.832. The van der Waals surface area contributed by atoms with E-state index in [-0.39, 0.29) is 11.9 Å². The fourth-order valence-electron chi connectivity index (χ4n) is 2.74. The first-order valence-electron chi connectivity index (χ1n) is 7.34. The highest BCUT2D eigenvalue weighted by molar-refractivity contribution is 8.14. The van der Waals surface area contributed by atoms with E-state index < -0.39 is 0 Å². The molecule has 0 aromatic carbocycles. The van der Waals surface area contributed by atoms with Gasteiger partial charge in [-0.25, -0.2) is 0 Å². The third kappa shape index (κ3) is 4.41. The minimum absolute atomic E-state index is 0.0923. The molecule has 0 aromatic rings. The number of carbonyl (C=O) groups is 1. The molecular weight excluding hydrogens is 258 g/mol. The third-order valence-electron chi connectivity index (χ3n) is 3.71. The lowest BCUT2D eigenvalue weighted by atomic mass is 9.83. The molecule has 0 bridgehead atoms. The van der Waals surface area contributed by atoms with E-state index in [1.54, 1.807) is 0 Å². The van der Waals surface area contributed by atoms with Crippen LogP contribution < -0.4 is 10.6 Å². The molecule has 0 radical (unpaired) electrons. The molecule has 1 aliphatic heterocycles. The Bertz CT molecular complexity index is 349. The molecule has 4 nitrogen and oxygen atoms in total. The van der Waals surface area contributed by atoms with Gasteiger partial charge in [0.25, 0.3) is 0 Å². The molecule has 108 valence electrons. The largest absolute Gasteiger partial charge is 0.359 e. The highest BCUT2D eigenvalue weighted by Gasteiger charge is 2.37. The van der Waals surface area contributed by atoms with E-state index in [2.05, 4.69) is 15.6 Å². The predicted molar refractivity (Wildman–Crippen MR) is 81.6 cm³/mol. The summed E-state index contributed by atoms with van der Waals surface area (Å²) < 4.78 is 0. The molecule has 19 heavy (non-hydrogen) atoms. The van der Waals surface area contributed by atoms with Crippen molar-refractivity contribution in [2.45, 2.75) is 64.0 Å². The number of hydrogen-bond acceptors (Lipinski definition) is 3. The van der Waals surface area contributed by atoms with Crippen molar-refractivity contribution in [3.05, 3.63) is 0 Å². The van der Waals surface area contributed by atoms with E-state index in [4.69, 9.17) is 0 Å². The summed E-state index contributed by atoms with van der Waals surface area (Å²) in [6, 6.07) is 0.213. The maximum Gasteiger partial charge on any atom is 0.222 e. The number of rotatable bonds is 4. The lowest BCUT2D eigenvalue weighted by Crippen LogP contribution is -2.45. The zero-order chi connectivity index (χ0) is 13.7. The van der Waals surface area contributed by atoms with Gasteiger partial charge in [0, 0.05) is 23.8 Å². The minimum Gasteiger partial charge on any atom is -0.359 e. The van der Waals surface area contributed by atoms with Crippen LogP contribution in [0.25, 0.3) is 0 Å². The van der Waals surface area contributed by atoms with Crippen molar-refractivity contribution in [2.75, 3.05) is 12.3 Å². The van der Waals surface area contributed by atoms with Gasteiger partial charge in [-0.1, -0.05) is 31.0 Å². The van der Waals surface area contributed by atoms with Gasteiger partial charge in [-0.2, -0.15) is 0 Å². The van der Waals surface area contributed by atoms with E-state index >= 15 is 0 Å². The van der Waals surface area contributed by atoms with Crippen LogP contribution in [0, 0.1) is 0 Å². The topological polar surface area (TPSA) is 53.5 Å². The first-order valence-corrected chi connectivity index (χ1v) is 8.33. The first-order chi connectivity index (χ1) is 9.10. The number of amides is 1. The van der Waals surface area contributed by atoms with E-state index in [1.807, 2.05) is 25.6 Å². The van der Waals surface area contributed by atoms with Crippen LogP contribution in [0.4, 0.5) is 0 Å². The molecule has 2 N–H and O–H groups in total. The summed E-state index contributed by atoms with van der Waals surface area (Å²) in [6.45, 7) is 4.54. The Hall–Kier alpha value is -0.710. The van der Waals surface area contributed by atoms with E-state index in [0.717, 1.165) is 10.9 Å².